The molecule has 0 spiro atoms. The zero-order chi connectivity index (χ0) is 26.1. The summed E-state index contributed by atoms with van der Waals surface area (Å²) in [6.07, 6.45) is 5.61. The van der Waals surface area contributed by atoms with E-state index in [9.17, 15) is 9.18 Å². The Bertz CT molecular complexity index is 1790. The molecular formula is C29H24FN7O. The molecule has 0 radical (unpaired) electrons. The fourth-order valence-electron chi connectivity index (χ4n) is 4.47. The van der Waals surface area contributed by atoms with Gasteiger partial charge in [0.05, 0.1) is 34.1 Å². The second-order valence-electron chi connectivity index (χ2n) is 9.08. The van der Waals surface area contributed by atoms with Crippen LogP contribution >= 0.6 is 0 Å². The van der Waals surface area contributed by atoms with Gasteiger partial charge in [0.1, 0.15) is 11.3 Å². The molecule has 0 aliphatic rings. The van der Waals surface area contributed by atoms with Crippen molar-refractivity contribution in [3.05, 3.63) is 78.9 Å². The molecule has 0 aliphatic heterocycles. The van der Waals surface area contributed by atoms with Gasteiger partial charge in [-0.2, -0.15) is 5.10 Å². The Labute approximate surface area is 217 Å². The highest BCUT2D eigenvalue weighted by atomic mass is 19.1. The van der Waals surface area contributed by atoms with Crippen LogP contribution in [0.15, 0.2) is 73.1 Å². The van der Waals surface area contributed by atoms with Gasteiger partial charge in [0.15, 0.2) is 11.5 Å². The van der Waals surface area contributed by atoms with Crippen LogP contribution in [0, 0.1) is 5.82 Å². The first-order valence-corrected chi connectivity index (χ1v) is 12.4. The Kier molecular flexibility index (Phi) is 6.09. The molecule has 6 rings (SSSR count). The Hall–Kier alpha value is -4.92. The highest BCUT2D eigenvalue weighted by Gasteiger charge is 2.17. The second-order valence-corrected chi connectivity index (χ2v) is 9.08. The number of unbranched alkanes of at least 4 members (excludes halogenated alkanes) is 1. The van der Waals surface area contributed by atoms with E-state index in [1.165, 1.54) is 12.1 Å². The molecule has 188 valence electrons. The molecule has 4 aromatic heterocycles. The van der Waals surface area contributed by atoms with Crippen molar-refractivity contribution in [1.82, 2.24) is 30.1 Å². The predicted octanol–water partition coefficient (Wildman–Crippen LogP) is 6.50. The second kappa shape index (κ2) is 9.85. The van der Waals surface area contributed by atoms with E-state index in [1.807, 2.05) is 42.5 Å². The fraction of sp³-hybridized carbons (Fsp3) is 0.138. The summed E-state index contributed by atoms with van der Waals surface area (Å²) in [5.74, 6) is 0.216. The van der Waals surface area contributed by atoms with E-state index in [1.54, 1.807) is 18.5 Å². The van der Waals surface area contributed by atoms with Crippen LogP contribution in [0.5, 0.6) is 0 Å². The number of imidazole rings is 1. The van der Waals surface area contributed by atoms with Gasteiger partial charge in [-0.05, 0) is 48.4 Å². The first-order valence-electron chi connectivity index (χ1n) is 12.4. The molecule has 2 aromatic carbocycles. The minimum Gasteiger partial charge on any atom is -0.336 e. The Morgan fingerprint density at radius 2 is 1.84 bits per heavy atom. The van der Waals surface area contributed by atoms with Crippen LogP contribution in [0.1, 0.15) is 26.2 Å². The Balaban J connectivity index is 1.37. The predicted molar refractivity (Wildman–Crippen MR) is 146 cm³/mol. The molecule has 0 unspecified atom stereocenters. The number of nitrogens with one attached hydrogen (secondary N) is 3. The van der Waals surface area contributed by atoms with Gasteiger partial charge >= 0.3 is 0 Å². The summed E-state index contributed by atoms with van der Waals surface area (Å²) < 4.78 is 13.9. The molecule has 38 heavy (non-hydrogen) atoms. The van der Waals surface area contributed by atoms with Gasteiger partial charge in [0.25, 0.3) is 0 Å². The lowest BCUT2D eigenvalue weighted by atomic mass is 10.0. The van der Waals surface area contributed by atoms with Gasteiger partial charge in [-0.3, -0.25) is 14.9 Å². The average Bonchev–Trinajstić information content (AvgIpc) is 3.55. The third-order valence-electron chi connectivity index (χ3n) is 6.36. The van der Waals surface area contributed by atoms with E-state index in [-0.39, 0.29) is 11.7 Å². The molecule has 8 nitrogen and oxygen atoms in total. The number of carbonyl (C=O) groups excluding carboxylic acids is 1. The highest BCUT2D eigenvalue weighted by molar-refractivity contribution is 5.96. The van der Waals surface area contributed by atoms with Crippen molar-refractivity contribution in [2.45, 2.75) is 26.2 Å². The number of halogens is 1. The molecule has 0 saturated carbocycles. The van der Waals surface area contributed by atoms with Crippen molar-refractivity contribution >= 4 is 33.7 Å². The number of H-pyrrole nitrogens is 2. The monoisotopic (exact) mass is 505 g/mol. The van der Waals surface area contributed by atoms with Gasteiger partial charge in [-0.1, -0.05) is 37.6 Å². The van der Waals surface area contributed by atoms with Crippen LogP contribution < -0.4 is 5.32 Å². The fourth-order valence-corrected chi connectivity index (χ4v) is 4.47. The minimum atomic E-state index is -0.302. The standard InChI is InChI=1S/C29H24FN7O/c1-2-3-10-25(38)32-20-14-18(15-31-16-20)22-11-12-24-27(33-22)28(37-36-24)29-34-23-9-5-8-21(26(23)35-29)17-6-4-7-19(30)13-17/h4-9,11-16H,2-3,10H2,1H3,(H,32,38)(H,34,35)(H,36,37). The molecule has 6 aromatic rings. The number of para-hydroxylation sites is 1. The van der Waals surface area contributed by atoms with Gasteiger partial charge < -0.3 is 10.3 Å². The SMILES string of the molecule is CCCCC(=O)Nc1cncc(-c2ccc3[nH]nc(-c4nc5c(-c6cccc(F)c6)cccc5[nH]4)c3n2)c1. The Morgan fingerprint density at radius 1 is 0.947 bits per heavy atom. The normalized spacial score (nSPS) is 11.3. The van der Waals surface area contributed by atoms with E-state index in [2.05, 4.69) is 32.4 Å². The van der Waals surface area contributed by atoms with Crippen molar-refractivity contribution in [1.29, 1.82) is 0 Å². The van der Waals surface area contributed by atoms with Crippen LogP contribution in [0.25, 0.3) is 56.0 Å². The van der Waals surface area contributed by atoms with Gasteiger partial charge in [-0.15, -0.1) is 0 Å². The van der Waals surface area contributed by atoms with Crippen LogP contribution in [-0.2, 0) is 4.79 Å². The number of hydrogen-bond acceptors (Lipinski definition) is 5. The van der Waals surface area contributed by atoms with E-state index in [0.717, 1.165) is 46.1 Å². The van der Waals surface area contributed by atoms with Crippen molar-refractivity contribution in [3.8, 4) is 33.9 Å². The lowest BCUT2D eigenvalue weighted by Crippen LogP contribution is -2.11. The molecule has 0 atom stereocenters. The highest BCUT2D eigenvalue weighted by Crippen LogP contribution is 2.32. The van der Waals surface area contributed by atoms with Crippen LogP contribution in [0.2, 0.25) is 0 Å². The maximum Gasteiger partial charge on any atom is 0.224 e. The van der Waals surface area contributed by atoms with Crippen molar-refractivity contribution < 1.29 is 9.18 Å². The van der Waals surface area contributed by atoms with Crippen LogP contribution in [0.4, 0.5) is 10.1 Å². The van der Waals surface area contributed by atoms with Gasteiger partial charge in [-0.25, -0.2) is 14.4 Å². The lowest BCUT2D eigenvalue weighted by Gasteiger charge is -2.07. The van der Waals surface area contributed by atoms with Crippen molar-refractivity contribution in [2.24, 2.45) is 0 Å². The molecule has 0 bridgehead atoms. The molecule has 0 aliphatic carbocycles. The largest absolute Gasteiger partial charge is 0.336 e. The summed E-state index contributed by atoms with van der Waals surface area (Å²) in [5.41, 5.74) is 7.15. The summed E-state index contributed by atoms with van der Waals surface area (Å²) in [6, 6.07) is 17.9. The molecule has 0 fully saturated rings. The molecule has 3 N–H and O–H groups in total. The maximum atomic E-state index is 13.9. The smallest absolute Gasteiger partial charge is 0.224 e. The van der Waals surface area contributed by atoms with E-state index in [0.29, 0.717) is 34.8 Å². The number of amides is 1. The average molecular weight is 506 g/mol. The van der Waals surface area contributed by atoms with Crippen LogP contribution in [-0.4, -0.2) is 36.0 Å². The molecule has 1 amide bonds. The van der Waals surface area contributed by atoms with E-state index >= 15 is 0 Å². The lowest BCUT2D eigenvalue weighted by molar-refractivity contribution is -0.116. The molecule has 0 saturated heterocycles. The Morgan fingerprint density at radius 3 is 2.71 bits per heavy atom. The van der Waals surface area contributed by atoms with Crippen molar-refractivity contribution in [3.63, 3.8) is 0 Å². The first kappa shape index (κ1) is 23.5. The summed E-state index contributed by atoms with van der Waals surface area (Å²) >= 11 is 0. The zero-order valence-corrected chi connectivity index (χ0v) is 20.6. The van der Waals surface area contributed by atoms with E-state index in [4.69, 9.17) is 9.97 Å². The summed E-state index contributed by atoms with van der Waals surface area (Å²) in [6.45, 7) is 2.05. The number of nitrogens with zero attached hydrogens (tertiary/aromatic N) is 4. The van der Waals surface area contributed by atoms with Crippen molar-refractivity contribution in [2.75, 3.05) is 5.32 Å². The number of rotatable bonds is 7. The first-order chi connectivity index (χ1) is 18.6. The molecular weight excluding hydrogens is 481 g/mol. The van der Waals surface area contributed by atoms with Crippen LogP contribution in [0.3, 0.4) is 0 Å². The zero-order valence-electron chi connectivity index (χ0n) is 20.6. The number of aromatic nitrogens is 6. The minimum absolute atomic E-state index is 0.0335. The number of fused-ring (bicyclic) bond motifs is 2. The number of benzene rings is 2. The third-order valence-corrected chi connectivity index (χ3v) is 6.36. The summed E-state index contributed by atoms with van der Waals surface area (Å²) in [4.78, 5) is 29.5. The van der Waals surface area contributed by atoms with Gasteiger partial charge in [0, 0.05) is 23.7 Å². The third kappa shape index (κ3) is 4.50. The van der Waals surface area contributed by atoms with E-state index < -0.39 is 0 Å². The number of carbonyl (C=O) groups is 1. The maximum absolute atomic E-state index is 13.9. The number of anilines is 1. The number of pyridine rings is 2. The summed E-state index contributed by atoms with van der Waals surface area (Å²) in [5, 5.41) is 10.4. The van der Waals surface area contributed by atoms with Gasteiger partial charge in [0.2, 0.25) is 5.91 Å². The quantitative estimate of drug-likeness (QED) is 0.229. The molecule has 9 heteroatoms. The number of aromatic amines is 2. The number of hydrogen-bond donors (Lipinski definition) is 3. The topological polar surface area (TPSA) is 112 Å². The molecule has 4 heterocycles. The summed E-state index contributed by atoms with van der Waals surface area (Å²) in [7, 11) is 0.